The largest absolute Gasteiger partial charge is 0.324 e. The molecule has 0 aliphatic carbocycles. The van der Waals surface area contributed by atoms with E-state index < -0.39 is 5.82 Å². The number of fused-ring (bicyclic) bond motifs is 1. The van der Waals surface area contributed by atoms with E-state index in [2.05, 4.69) is 15.3 Å². The van der Waals surface area contributed by atoms with Gasteiger partial charge in [0.05, 0.1) is 34.2 Å². The fourth-order valence-electron chi connectivity index (χ4n) is 2.82. The summed E-state index contributed by atoms with van der Waals surface area (Å²) in [4.78, 5) is 21.1. The first kappa shape index (κ1) is 16.4. The number of amides is 1. The van der Waals surface area contributed by atoms with E-state index in [1.165, 1.54) is 12.1 Å². The van der Waals surface area contributed by atoms with E-state index in [-0.39, 0.29) is 17.4 Å². The Morgan fingerprint density at radius 1 is 1.04 bits per heavy atom. The fraction of sp³-hybridized carbons (Fsp3) is 0.0500. The van der Waals surface area contributed by atoms with Crippen molar-refractivity contribution in [3.63, 3.8) is 0 Å². The number of carbonyl (C=O) groups excluding carboxylic acids is 1. The molecule has 26 heavy (non-hydrogen) atoms. The summed E-state index contributed by atoms with van der Waals surface area (Å²) in [6.07, 6.45) is 1.81. The Hall–Kier alpha value is -3.05. The highest BCUT2D eigenvalue weighted by Crippen LogP contribution is 2.34. The van der Waals surface area contributed by atoms with Gasteiger partial charge >= 0.3 is 0 Å². The minimum Gasteiger partial charge on any atom is -0.324 e. The number of carbonyl (C=O) groups is 1. The van der Waals surface area contributed by atoms with Gasteiger partial charge in [0.1, 0.15) is 5.82 Å². The molecule has 3 aromatic rings. The van der Waals surface area contributed by atoms with Crippen LogP contribution in [0.25, 0.3) is 11.3 Å². The lowest BCUT2D eigenvalue weighted by atomic mass is 10.0. The summed E-state index contributed by atoms with van der Waals surface area (Å²) in [5.41, 5.74) is 3.82. The molecular formula is C20H13ClFN3O. The number of benzene rings is 2. The fourth-order valence-corrected chi connectivity index (χ4v) is 2.98. The zero-order valence-corrected chi connectivity index (χ0v) is 14.3. The number of aliphatic imine (C=N–C) groups is 1. The van der Waals surface area contributed by atoms with Crippen molar-refractivity contribution in [2.45, 2.75) is 6.42 Å². The van der Waals surface area contributed by atoms with Gasteiger partial charge in [0.2, 0.25) is 5.91 Å². The number of hydrogen-bond donors (Lipinski definition) is 1. The van der Waals surface area contributed by atoms with Gasteiger partial charge in [-0.3, -0.25) is 9.78 Å². The first-order chi connectivity index (χ1) is 12.6. The molecule has 1 aromatic heterocycles. The third kappa shape index (κ3) is 3.21. The Labute approximate surface area is 154 Å². The number of rotatable bonds is 2. The van der Waals surface area contributed by atoms with Gasteiger partial charge in [0.15, 0.2) is 0 Å². The molecule has 0 saturated carbocycles. The van der Waals surface area contributed by atoms with Crippen molar-refractivity contribution in [3.05, 3.63) is 77.2 Å². The lowest BCUT2D eigenvalue weighted by Gasteiger charge is -2.07. The summed E-state index contributed by atoms with van der Waals surface area (Å²) >= 11 is 5.81. The number of halogens is 2. The summed E-state index contributed by atoms with van der Waals surface area (Å²) in [5, 5.41) is 2.66. The zero-order valence-electron chi connectivity index (χ0n) is 13.5. The van der Waals surface area contributed by atoms with Crippen molar-refractivity contribution in [2.24, 2.45) is 4.99 Å². The quantitative estimate of drug-likeness (QED) is 0.694. The average molecular weight is 366 g/mol. The molecule has 2 aromatic carbocycles. The lowest BCUT2D eigenvalue weighted by Crippen LogP contribution is -2.15. The van der Waals surface area contributed by atoms with Gasteiger partial charge in [-0.2, -0.15) is 0 Å². The van der Waals surface area contributed by atoms with Crippen LogP contribution in [0.2, 0.25) is 5.02 Å². The molecule has 0 fully saturated rings. The SMILES string of the molecule is O=C1CC(c2cccc(-c3ccccn3)c2)=Nc2cc(F)c(Cl)cc2N1. The van der Waals surface area contributed by atoms with Crippen molar-refractivity contribution in [2.75, 3.05) is 5.32 Å². The molecule has 0 saturated heterocycles. The molecule has 1 aliphatic rings. The van der Waals surface area contributed by atoms with Gasteiger partial charge in [-0.25, -0.2) is 9.38 Å². The van der Waals surface area contributed by atoms with Crippen molar-refractivity contribution in [3.8, 4) is 11.3 Å². The molecule has 0 atom stereocenters. The average Bonchev–Trinajstić information content (AvgIpc) is 2.81. The number of anilines is 1. The molecule has 1 N–H and O–H groups in total. The molecular weight excluding hydrogens is 353 g/mol. The topological polar surface area (TPSA) is 54.4 Å². The van der Waals surface area contributed by atoms with Gasteiger partial charge < -0.3 is 5.32 Å². The zero-order chi connectivity index (χ0) is 18.1. The Bertz CT molecular complexity index is 1030. The third-order valence-electron chi connectivity index (χ3n) is 4.05. The summed E-state index contributed by atoms with van der Waals surface area (Å²) in [6.45, 7) is 0. The van der Waals surface area contributed by atoms with E-state index in [0.29, 0.717) is 17.1 Å². The van der Waals surface area contributed by atoms with Crippen LogP contribution in [0.3, 0.4) is 0 Å². The van der Waals surface area contributed by atoms with Crippen LogP contribution in [0, 0.1) is 5.82 Å². The molecule has 1 amide bonds. The van der Waals surface area contributed by atoms with Crippen LogP contribution in [-0.4, -0.2) is 16.6 Å². The van der Waals surface area contributed by atoms with E-state index in [1.54, 1.807) is 6.20 Å². The lowest BCUT2D eigenvalue weighted by molar-refractivity contribution is -0.115. The monoisotopic (exact) mass is 365 g/mol. The molecule has 2 heterocycles. The van der Waals surface area contributed by atoms with Crippen molar-refractivity contribution in [1.82, 2.24) is 4.98 Å². The molecule has 4 nitrogen and oxygen atoms in total. The van der Waals surface area contributed by atoms with Crippen LogP contribution in [0.1, 0.15) is 12.0 Å². The number of pyridine rings is 1. The van der Waals surface area contributed by atoms with Crippen LogP contribution in [-0.2, 0) is 4.79 Å². The van der Waals surface area contributed by atoms with Crippen LogP contribution in [0.15, 0.2) is 65.8 Å². The standard InChI is InChI=1S/C20H13ClFN3O/c21-14-9-18-19(10-15(14)22)24-17(11-20(26)25-18)13-5-3-4-12(8-13)16-6-1-2-7-23-16/h1-10H,11H2,(H,25,26). The molecule has 0 bridgehead atoms. The summed E-state index contributed by atoms with van der Waals surface area (Å²) in [7, 11) is 0. The number of nitrogens with one attached hydrogen (secondary N) is 1. The maximum Gasteiger partial charge on any atom is 0.230 e. The second kappa shape index (κ2) is 6.69. The van der Waals surface area contributed by atoms with Gasteiger partial charge in [-0.05, 0) is 29.8 Å². The van der Waals surface area contributed by atoms with Gasteiger partial charge in [0, 0.05) is 17.8 Å². The second-order valence-corrected chi connectivity index (χ2v) is 6.27. The Morgan fingerprint density at radius 2 is 1.88 bits per heavy atom. The Balaban J connectivity index is 1.80. The van der Waals surface area contributed by atoms with Gasteiger partial charge in [0.25, 0.3) is 0 Å². The van der Waals surface area contributed by atoms with Gasteiger partial charge in [-0.15, -0.1) is 0 Å². The maximum atomic E-state index is 13.8. The van der Waals surface area contributed by atoms with Crippen LogP contribution >= 0.6 is 11.6 Å². The molecule has 0 spiro atoms. The maximum absolute atomic E-state index is 13.8. The molecule has 0 unspecified atom stereocenters. The third-order valence-corrected chi connectivity index (χ3v) is 4.34. The highest BCUT2D eigenvalue weighted by Gasteiger charge is 2.19. The highest BCUT2D eigenvalue weighted by atomic mass is 35.5. The van der Waals surface area contributed by atoms with E-state index in [0.717, 1.165) is 16.8 Å². The molecule has 4 rings (SSSR count). The highest BCUT2D eigenvalue weighted by molar-refractivity contribution is 6.31. The van der Waals surface area contributed by atoms with E-state index in [1.807, 2.05) is 42.5 Å². The number of aromatic nitrogens is 1. The molecule has 1 aliphatic heterocycles. The minimum absolute atomic E-state index is 0.0557. The Morgan fingerprint density at radius 3 is 2.69 bits per heavy atom. The number of hydrogen-bond acceptors (Lipinski definition) is 3. The minimum atomic E-state index is -0.577. The van der Waals surface area contributed by atoms with Crippen molar-refractivity contribution < 1.29 is 9.18 Å². The number of nitrogens with zero attached hydrogens (tertiary/aromatic N) is 2. The first-order valence-electron chi connectivity index (χ1n) is 7.98. The van der Waals surface area contributed by atoms with Crippen LogP contribution in [0.4, 0.5) is 15.8 Å². The summed E-state index contributed by atoms with van der Waals surface area (Å²) in [5.74, 6) is -0.805. The van der Waals surface area contributed by atoms with Crippen LogP contribution in [0.5, 0.6) is 0 Å². The van der Waals surface area contributed by atoms with Crippen LogP contribution < -0.4 is 5.32 Å². The van der Waals surface area contributed by atoms with Crippen molar-refractivity contribution >= 4 is 34.6 Å². The van der Waals surface area contributed by atoms with E-state index in [9.17, 15) is 9.18 Å². The predicted molar refractivity (Wildman–Crippen MR) is 101 cm³/mol. The molecule has 128 valence electrons. The van der Waals surface area contributed by atoms with E-state index >= 15 is 0 Å². The Kier molecular flexibility index (Phi) is 4.22. The van der Waals surface area contributed by atoms with Gasteiger partial charge in [-0.1, -0.05) is 35.9 Å². The predicted octanol–water partition coefficient (Wildman–Crippen LogP) is 5.00. The molecule has 6 heteroatoms. The van der Waals surface area contributed by atoms with E-state index in [4.69, 9.17) is 11.6 Å². The summed E-state index contributed by atoms with van der Waals surface area (Å²) < 4.78 is 13.8. The normalized spacial score (nSPS) is 13.5. The smallest absolute Gasteiger partial charge is 0.230 e. The molecule has 0 radical (unpaired) electrons. The summed E-state index contributed by atoms with van der Waals surface area (Å²) in [6, 6.07) is 15.9. The van der Waals surface area contributed by atoms with Crippen molar-refractivity contribution in [1.29, 1.82) is 0 Å². The first-order valence-corrected chi connectivity index (χ1v) is 8.36. The second-order valence-electron chi connectivity index (χ2n) is 5.86.